The summed E-state index contributed by atoms with van der Waals surface area (Å²) in [5.41, 5.74) is 0.643. The number of nitrogens with zero attached hydrogens (tertiary/aromatic N) is 1. The van der Waals surface area contributed by atoms with E-state index < -0.39 is 18.0 Å². The third-order valence-electron chi connectivity index (χ3n) is 3.28. The molecule has 0 radical (unpaired) electrons. The van der Waals surface area contributed by atoms with E-state index in [0.717, 1.165) is 0 Å². The van der Waals surface area contributed by atoms with E-state index in [0.29, 0.717) is 17.2 Å². The second kappa shape index (κ2) is 8.34. The Morgan fingerprint density at radius 1 is 1.16 bits per heavy atom. The molecule has 25 heavy (non-hydrogen) atoms. The van der Waals surface area contributed by atoms with Crippen molar-refractivity contribution in [2.75, 3.05) is 19.5 Å². The second-order valence-electron chi connectivity index (χ2n) is 4.97. The highest BCUT2D eigenvalue weighted by atomic mass is 35.5. The van der Waals surface area contributed by atoms with Gasteiger partial charge in [0, 0.05) is 12.3 Å². The van der Waals surface area contributed by atoms with Crippen molar-refractivity contribution in [1.82, 2.24) is 4.98 Å². The van der Waals surface area contributed by atoms with E-state index in [4.69, 9.17) is 25.8 Å². The average molecular weight is 365 g/mol. The number of methoxy groups -OCH3 is 2. The van der Waals surface area contributed by atoms with E-state index in [1.807, 2.05) is 0 Å². The molecular weight excluding hydrogens is 348 g/mol. The van der Waals surface area contributed by atoms with Gasteiger partial charge in [-0.2, -0.15) is 0 Å². The highest BCUT2D eigenvalue weighted by Gasteiger charge is 2.20. The first kappa shape index (κ1) is 18.5. The number of benzene rings is 1. The van der Waals surface area contributed by atoms with Crippen molar-refractivity contribution in [2.24, 2.45) is 0 Å². The lowest BCUT2D eigenvalue weighted by atomic mass is 10.2. The van der Waals surface area contributed by atoms with Crippen molar-refractivity contribution in [2.45, 2.75) is 13.0 Å². The normalized spacial score (nSPS) is 11.4. The molecule has 0 aliphatic carbocycles. The van der Waals surface area contributed by atoms with Crippen LogP contribution in [0.4, 0.5) is 5.69 Å². The minimum atomic E-state index is -1.02. The SMILES string of the molecule is COc1ccc(NC(=O)C(C)OC(=O)c2ccnc(Cl)c2)c(OC)c1. The van der Waals surface area contributed by atoms with Crippen molar-refractivity contribution >= 4 is 29.2 Å². The van der Waals surface area contributed by atoms with Gasteiger partial charge in [0.25, 0.3) is 5.91 Å². The van der Waals surface area contributed by atoms with Gasteiger partial charge in [0.15, 0.2) is 6.10 Å². The number of carbonyl (C=O) groups is 2. The Kier molecular flexibility index (Phi) is 6.19. The van der Waals surface area contributed by atoms with Crippen molar-refractivity contribution in [1.29, 1.82) is 0 Å². The molecule has 8 heteroatoms. The number of aromatic nitrogens is 1. The third-order valence-corrected chi connectivity index (χ3v) is 3.49. The average Bonchev–Trinajstić information content (AvgIpc) is 2.61. The minimum absolute atomic E-state index is 0.162. The smallest absolute Gasteiger partial charge is 0.339 e. The van der Waals surface area contributed by atoms with Crippen LogP contribution in [0.5, 0.6) is 11.5 Å². The highest BCUT2D eigenvalue weighted by molar-refractivity contribution is 6.29. The van der Waals surface area contributed by atoms with Gasteiger partial charge in [0.05, 0.1) is 25.5 Å². The largest absolute Gasteiger partial charge is 0.497 e. The lowest BCUT2D eigenvalue weighted by molar-refractivity contribution is -0.123. The molecule has 1 unspecified atom stereocenters. The molecule has 0 saturated carbocycles. The van der Waals surface area contributed by atoms with Gasteiger partial charge in [-0.25, -0.2) is 9.78 Å². The Hall–Kier alpha value is -2.80. The Balaban J connectivity index is 2.04. The molecule has 132 valence electrons. The summed E-state index contributed by atoms with van der Waals surface area (Å²) in [5.74, 6) is -0.165. The molecule has 0 aliphatic heterocycles. The van der Waals surface area contributed by atoms with Crippen LogP contribution in [-0.2, 0) is 9.53 Å². The first-order chi connectivity index (χ1) is 11.9. The maximum Gasteiger partial charge on any atom is 0.339 e. The number of hydrogen-bond donors (Lipinski definition) is 1. The van der Waals surface area contributed by atoms with Gasteiger partial charge in [-0.3, -0.25) is 4.79 Å². The molecule has 0 saturated heterocycles. The predicted octanol–water partition coefficient (Wildman–Crippen LogP) is 2.94. The van der Waals surface area contributed by atoms with E-state index in [1.54, 1.807) is 18.2 Å². The molecule has 1 heterocycles. The number of hydrogen-bond acceptors (Lipinski definition) is 6. The fraction of sp³-hybridized carbons (Fsp3) is 0.235. The maximum atomic E-state index is 12.3. The number of esters is 1. The molecule has 0 aliphatic rings. The second-order valence-corrected chi connectivity index (χ2v) is 5.36. The van der Waals surface area contributed by atoms with E-state index in [-0.39, 0.29) is 10.7 Å². The van der Waals surface area contributed by atoms with Gasteiger partial charge in [0.1, 0.15) is 16.7 Å². The summed E-state index contributed by atoms with van der Waals surface area (Å²) >= 11 is 5.73. The summed E-state index contributed by atoms with van der Waals surface area (Å²) < 4.78 is 15.4. The zero-order chi connectivity index (χ0) is 18.4. The monoisotopic (exact) mass is 364 g/mol. The summed E-state index contributed by atoms with van der Waals surface area (Å²) in [4.78, 5) is 28.1. The molecule has 0 fully saturated rings. The van der Waals surface area contributed by atoms with Crippen LogP contribution in [0.2, 0.25) is 5.15 Å². The Labute approximate surface area is 149 Å². The topological polar surface area (TPSA) is 86.8 Å². The van der Waals surface area contributed by atoms with Crippen LogP contribution in [0.15, 0.2) is 36.5 Å². The number of carbonyl (C=O) groups excluding carboxylic acids is 2. The van der Waals surface area contributed by atoms with Crippen molar-refractivity contribution in [3.63, 3.8) is 0 Å². The highest BCUT2D eigenvalue weighted by Crippen LogP contribution is 2.29. The van der Waals surface area contributed by atoms with Gasteiger partial charge in [0.2, 0.25) is 0 Å². The predicted molar refractivity (Wildman–Crippen MR) is 92.3 cm³/mol. The summed E-state index contributed by atoms with van der Waals surface area (Å²) in [5, 5.41) is 2.81. The van der Waals surface area contributed by atoms with Gasteiger partial charge < -0.3 is 19.5 Å². The molecule has 1 atom stereocenters. The zero-order valence-corrected chi connectivity index (χ0v) is 14.7. The Morgan fingerprint density at radius 3 is 2.56 bits per heavy atom. The molecule has 0 spiro atoms. The number of rotatable bonds is 6. The fourth-order valence-electron chi connectivity index (χ4n) is 1.95. The number of anilines is 1. The van der Waals surface area contributed by atoms with E-state index in [1.165, 1.54) is 39.5 Å². The Morgan fingerprint density at radius 2 is 1.92 bits per heavy atom. The van der Waals surface area contributed by atoms with Crippen LogP contribution in [0.1, 0.15) is 17.3 Å². The number of pyridine rings is 1. The summed E-state index contributed by atoms with van der Waals surface area (Å²) in [7, 11) is 3.00. The Bertz CT molecular complexity index is 781. The lowest BCUT2D eigenvalue weighted by Gasteiger charge is -2.15. The molecule has 2 aromatic rings. The van der Waals surface area contributed by atoms with E-state index in [2.05, 4.69) is 10.3 Å². The maximum absolute atomic E-state index is 12.3. The van der Waals surface area contributed by atoms with E-state index in [9.17, 15) is 9.59 Å². The zero-order valence-electron chi connectivity index (χ0n) is 13.9. The quantitative estimate of drug-likeness (QED) is 0.626. The lowest BCUT2D eigenvalue weighted by Crippen LogP contribution is -2.30. The molecule has 2 rings (SSSR count). The first-order valence-electron chi connectivity index (χ1n) is 7.30. The van der Waals surface area contributed by atoms with Crippen LogP contribution >= 0.6 is 11.6 Å². The van der Waals surface area contributed by atoms with Gasteiger partial charge in [-0.15, -0.1) is 0 Å². The van der Waals surface area contributed by atoms with Crippen LogP contribution in [-0.4, -0.2) is 37.2 Å². The standard InChI is InChI=1S/C17H17ClN2O5/c1-10(25-17(22)11-6-7-19-15(18)8-11)16(21)20-13-5-4-12(23-2)9-14(13)24-3/h4-10H,1-3H3,(H,20,21). The molecule has 1 amide bonds. The van der Waals surface area contributed by atoms with Crippen molar-refractivity contribution < 1.29 is 23.8 Å². The number of nitrogens with one attached hydrogen (secondary N) is 1. The first-order valence-corrected chi connectivity index (χ1v) is 7.67. The number of halogens is 1. The van der Waals surface area contributed by atoms with Crippen molar-refractivity contribution in [3.05, 3.63) is 47.2 Å². The van der Waals surface area contributed by atoms with Crippen LogP contribution < -0.4 is 14.8 Å². The summed E-state index contributed by atoms with van der Waals surface area (Å²) in [6, 6.07) is 7.75. The van der Waals surface area contributed by atoms with Crippen LogP contribution in [0.25, 0.3) is 0 Å². The molecule has 1 aromatic heterocycles. The fourth-order valence-corrected chi connectivity index (χ4v) is 2.12. The van der Waals surface area contributed by atoms with Gasteiger partial charge in [-0.05, 0) is 31.2 Å². The van der Waals surface area contributed by atoms with Crippen LogP contribution in [0, 0.1) is 0 Å². The summed E-state index contributed by atoms with van der Waals surface area (Å²) in [6.45, 7) is 1.46. The van der Waals surface area contributed by atoms with Crippen molar-refractivity contribution in [3.8, 4) is 11.5 Å². The third kappa shape index (κ3) is 4.84. The van der Waals surface area contributed by atoms with E-state index >= 15 is 0 Å². The molecule has 1 N–H and O–H groups in total. The molecule has 0 bridgehead atoms. The minimum Gasteiger partial charge on any atom is -0.497 e. The molecular formula is C17H17ClN2O5. The molecule has 7 nitrogen and oxygen atoms in total. The number of ether oxygens (including phenoxy) is 3. The van der Waals surface area contributed by atoms with Gasteiger partial charge in [-0.1, -0.05) is 11.6 Å². The van der Waals surface area contributed by atoms with Gasteiger partial charge >= 0.3 is 5.97 Å². The molecule has 1 aromatic carbocycles. The number of amides is 1. The summed E-state index contributed by atoms with van der Waals surface area (Å²) in [6.07, 6.45) is 0.359. The van der Waals surface area contributed by atoms with Crippen LogP contribution in [0.3, 0.4) is 0 Å².